The maximum Gasteiger partial charge on any atom is 0.254 e. The fraction of sp³-hybridized carbons (Fsp3) is 0.0909. The Morgan fingerprint density at radius 2 is 1.85 bits per heavy atom. The Morgan fingerprint density at radius 1 is 1.25 bits per heavy atom. The highest BCUT2D eigenvalue weighted by atomic mass is 32.2. The third-order valence-electron chi connectivity index (χ3n) is 2.75. The van der Waals surface area contributed by atoms with Crippen molar-refractivity contribution >= 4 is 21.7 Å². The Kier molecular flexibility index (Phi) is 3.47. The zero-order chi connectivity index (χ0) is 14.9. The lowest BCUT2D eigenvalue weighted by atomic mass is 10.1. The molecule has 1 aromatic carbocycles. The summed E-state index contributed by atoms with van der Waals surface area (Å²) >= 11 is 0. The summed E-state index contributed by atoms with van der Waals surface area (Å²) < 4.78 is 22.3. The van der Waals surface area contributed by atoms with E-state index in [2.05, 4.69) is 10.2 Å². The Morgan fingerprint density at radius 3 is 2.35 bits per heavy atom. The Labute approximate surface area is 115 Å². The molecule has 1 aromatic heterocycles. The first kappa shape index (κ1) is 14.0. The summed E-state index contributed by atoms with van der Waals surface area (Å²) in [5, 5.41) is 11.4. The smallest absolute Gasteiger partial charge is 0.254 e. The van der Waals surface area contributed by atoms with Crippen LogP contribution >= 0.6 is 0 Å². The molecular formula is C11H13N5O3S. The summed E-state index contributed by atoms with van der Waals surface area (Å²) in [5.41, 5.74) is 12.1. The lowest BCUT2D eigenvalue weighted by Crippen LogP contribution is -2.15. The van der Waals surface area contributed by atoms with E-state index < -0.39 is 15.9 Å². The van der Waals surface area contributed by atoms with Crippen LogP contribution in [0.4, 0.5) is 5.82 Å². The molecule has 9 heteroatoms. The highest BCUT2D eigenvalue weighted by Crippen LogP contribution is 2.17. The number of carbonyl (C=O) groups is 1. The lowest BCUT2D eigenvalue weighted by Gasteiger charge is -2.03. The van der Waals surface area contributed by atoms with Crippen LogP contribution in [-0.4, -0.2) is 24.5 Å². The van der Waals surface area contributed by atoms with Gasteiger partial charge in [0.25, 0.3) is 5.91 Å². The number of nitrogens with one attached hydrogen (secondary N) is 1. The van der Waals surface area contributed by atoms with Crippen LogP contribution in [-0.2, 0) is 16.4 Å². The van der Waals surface area contributed by atoms with Gasteiger partial charge in [-0.15, -0.1) is 0 Å². The van der Waals surface area contributed by atoms with Crippen molar-refractivity contribution in [2.75, 3.05) is 5.73 Å². The molecule has 0 radical (unpaired) electrons. The van der Waals surface area contributed by atoms with Crippen molar-refractivity contribution in [1.29, 1.82) is 0 Å². The molecule has 2 rings (SSSR count). The third kappa shape index (κ3) is 2.78. The van der Waals surface area contributed by atoms with Gasteiger partial charge in [0.15, 0.2) is 5.82 Å². The van der Waals surface area contributed by atoms with Crippen LogP contribution in [0.3, 0.4) is 0 Å². The van der Waals surface area contributed by atoms with Crippen molar-refractivity contribution in [2.24, 2.45) is 10.9 Å². The van der Waals surface area contributed by atoms with Gasteiger partial charge in [0.2, 0.25) is 10.0 Å². The predicted octanol–water partition coefficient (Wildman–Crippen LogP) is -0.671. The van der Waals surface area contributed by atoms with Gasteiger partial charge in [0, 0.05) is 6.42 Å². The molecule has 0 atom stereocenters. The number of amides is 1. The minimum absolute atomic E-state index is 0.0144. The van der Waals surface area contributed by atoms with Gasteiger partial charge in [-0.25, -0.2) is 13.6 Å². The molecule has 0 fully saturated rings. The number of H-pyrrole nitrogens is 1. The van der Waals surface area contributed by atoms with Crippen LogP contribution in [0, 0.1) is 0 Å². The highest BCUT2D eigenvalue weighted by Gasteiger charge is 2.16. The van der Waals surface area contributed by atoms with Gasteiger partial charge in [0.1, 0.15) is 5.56 Å². The number of hydrogen-bond acceptors (Lipinski definition) is 5. The molecule has 0 aliphatic carbocycles. The first-order valence-corrected chi connectivity index (χ1v) is 7.08. The van der Waals surface area contributed by atoms with Gasteiger partial charge >= 0.3 is 0 Å². The van der Waals surface area contributed by atoms with Gasteiger partial charge in [-0.1, -0.05) is 12.1 Å². The number of primary amides is 1. The van der Waals surface area contributed by atoms with Crippen molar-refractivity contribution in [1.82, 2.24) is 10.2 Å². The number of aromatic nitrogens is 2. The Bertz CT molecular complexity index is 749. The standard InChI is InChI=1S/C11H13N5O3S/c12-10-9(11(13)17)8(15-16-10)5-6-1-3-7(4-2-6)20(14,18)19/h1-4H,5H2,(H2,13,17)(H3,12,15,16)(H2,14,18,19). The van der Waals surface area contributed by atoms with Gasteiger partial charge in [0.05, 0.1) is 10.6 Å². The molecule has 2 aromatic rings. The largest absolute Gasteiger partial charge is 0.382 e. The third-order valence-corrected chi connectivity index (χ3v) is 3.68. The zero-order valence-electron chi connectivity index (χ0n) is 10.3. The Balaban J connectivity index is 2.30. The predicted molar refractivity (Wildman–Crippen MR) is 72.1 cm³/mol. The monoisotopic (exact) mass is 295 g/mol. The Hall–Kier alpha value is -2.39. The number of aromatic amines is 1. The minimum atomic E-state index is -3.72. The molecule has 0 unspecified atom stereocenters. The second-order valence-corrected chi connectivity index (χ2v) is 5.75. The number of rotatable bonds is 4. The fourth-order valence-corrected chi connectivity index (χ4v) is 2.31. The van der Waals surface area contributed by atoms with E-state index in [1.54, 1.807) is 12.1 Å². The minimum Gasteiger partial charge on any atom is -0.382 e. The number of nitrogens with two attached hydrogens (primary N) is 3. The van der Waals surface area contributed by atoms with E-state index in [0.29, 0.717) is 12.1 Å². The second kappa shape index (κ2) is 4.94. The van der Waals surface area contributed by atoms with Crippen LogP contribution in [0.5, 0.6) is 0 Å². The van der Waals surface area contributed by atoms with Crippen LogP contribution < -0.4 is 16.6 Å². The maximum absolute atomic E-state index is 11.3. The molecule has 1 heterocycles. The number of nitrogens with zero attached hydrogens (tertiary/aromatic N) is 1. The molecule has 106 valence electrons. The van der Waals surface area contributed by atoms with Gasteiger partial charge in [-0.3, -0.25) is 9.89 Å². The van der Waals surface area contributed by atoms with Gasteiger partial charge in [-0.05, 0) is 17.7 Å². The number of primary sulfonamides is 1. The van der Waals surface area contributed by atoms with Crippen molar-refractivity contribution in [3.63, 3.8) is 0 Å². The fourth-order valence-electron chi connectivity index (χ4n) is 1.80. The van der Waals surface area contributed by atoms with Crippen LogP contribution in [0.2, 0.25) is 0 Å². The van der Waals surface area contributed by atoms with Crippen molar-refractivity contribution in [3.8, 4) is 0 Å². The summed E-state index contributed by atoms with van der Waals surface area (Å²) in [5.74, 6) is -0.638. The van der Waals surface area contributed by atoms with E-state index in [9.17, 15) is 13.2 Å². The number of hydrogen-bond donors (Lipinski definition) is 4. The molecule has 0 aliphatic rings. The quantitative estimate of drug-likeness (QED) is 0.588. The summed E-state index contributed by atoms with van der Waals surface area (Å²) in [4.78, 5) is 11.3. The molecule has 7 N–H and O–H groups in total. The van der Waals surface area contributed by atoms with E-state index >= 15 is 0 Å². The normalized spacial score (nSPS) is 11.4. The first-order chi connectivity index (χ1) is 9.29. The van der Waals surface area contributed by atoms with E-state index in [4.69, 9.17) is 16.6 Å². The average molecular weight is 295 g/mol. The van der Waals surface area contributed by atoms with Crippen molar-refractivity contribution in [2.45, 2.75) is 11.3 Å². The molecule has 20 heavy (non-hydrogen) atoms. The summed E-state index contributed by atoms with van der Waals surface area (Å²) in [6.07, 6.45) is 0.313. The number of sulfonamides is 1. The van der Waals surface area contributed by atoms with Crippen LogP contribution in [0.1, 0.15) is 21.6 Å². The van der Waals surface area contributed by atoms with E-state index in [0.717, 1.165) is 5.56 Å². The summed E-state index contributed by atoms with van der Waals surface area (Å²) in [6.45, 7) is 0. The summed E-state index contributed by atoms with van der Waals surface area (Å²) in [6, 6.07) is 5.94. The molecule has 0 saturated heterocycles. The van der Waals surface area contributed by atoms with Gasteiger partial charge in [-0.2, -0.15) is 5.10 Å². The first-order valence-electron chi connectivity index (χ1n) is 5.53. The molecule has 8 nitrogen and oxygen atoms in total. The van der Waals surface area contributed by atoms with Crippen LogP contribution in [0.15, 0.2) is 29.2 Å². The second-order valence-electron chi connectivity index (χ2n) is 4.19. The number of anilines is 1. The van der Waals surface area contributed by atoms with Crippen LogP contribution in [0.25, 0.3) is 0 Å². The summed E-state index contributed by atoms with van der Waals surface area (Å²) in [7, 11) is -3.72. The molecule has 0 spiro atoms. The van der Waals surface area contributed by atoms with E-state index in [1.165, 1.54) is 12.1 Å². The molecule has 0 bridgehead atoms. The molecule has 0 aliphatic heterocycles. The lowest BCUT2D eigenvalue weighted by molar-refractivity contribution is 0.100. The maximum atomic E-state index is 11.3. The van der Waals surface area contributed by atoms with Crippen molar-refractivity contribution in [3.05, 3.63) is 41.1 Å². The molecule has 1 amide bonds. The topological polar surface area (TPSA) is 158 Å². The average Bonchev–Trinajstić information content (AvgIpc) is 2.70. The SMILES string of the molecule is NC(=O)c1c(N)n[nH]c1Cc1ccc(S(N)(=O)=O)cc1. The number of benzene rings is 1. The zero-order valence-corrected chi connectivity index (χ0v) is 11.1. The highest BCUT2D eigenvalue weighted by molar-refractivity contribution is 7.89. The number of nitrogen functional groups attached to an aromatic ring is 1. The van der Waals surface area contributed by atoms with E-state index in [-0.39, 0.29) is 16.3 Å². The van der Waals surface area contributed by atoms with Gasteiger partial charge < -0.3 is 11.5 Å². The van der Waals surface area contributed by atoms with Crippen molar-refractivity contribution < 1.29 is 13.2 Å². The number of carbonyl (C=O) groups excluding carboxylic acids is 1. The molecule has 0 saturated carbocycles. The molecular weight excluding hydrogens is 282 g/mol. The van der Waals surface area contributed by atoms with E-state index in [1.807, 2.05) is 0 Å².